The van der Waals surface area contributed by atoms with Crippen molar-refractivity contribution < 1.29 is 9.26 Å². The lowest BCUT2D eigenvalue weighted by Crippen LogP contribution is -2.44. The number of hydrogen-bond donors (Lipinski definition) is 1. The van der Waals surface area contributed by atoms with Gasteiger partial charge >= 0.3 is 0 Å². The molecule has 2 aromatic heterocycles. The molecule has 0 amide bonds. The standard InChI is InChI=1S/C15H20N4O2/c1-20-10-6-15(5-2-7-17-11-15)14-18-13(21-19-14)12-3-8-16-9-4-12/h3-4,8-9,17H,2,5-7,10-11H2,1H3. The van der Waals surface area contributed by atoms with Gasteiger partial charge in [0.15, 0.2) is 5.82 Å². The molecule has 1 atom stereocenters. The Kier molecular flexibility index (Phi) is 4.26. The van der Waals surface area contributed by atoms with Crippen molar-refractivity contribution in [2.45, 2.75) is 24.7 Å². The van der Waals surface area contributed by atoms with E-state index in [1.165, 1.54) is 0 Å². The average molecular weight is 288 g/mol. The smallest absolute Gasteiger partial charge is 0.258 e. The van der Waals surface area contributed by atoms with Crippen molar-refractivity contribution in [1.29, 1.82) is 0 Å². The fourth-order valence-electron chi connectivity index (χ4n) is 2.83. The third-order valence-electron chi connectivity index (χ3n) is 4.08. The van der Waals surface area contributed by atoms with Gasteiger partial charge in [0.25, 0.3) is 5.89 Å². The molecule has 0 bridgehead atoms. The van der Waals surface area contributed by atoms with Crippen molar-refractivity contribution in [3.63, 3.8) is 0 Å². The van der Waals surface area contributed by atoms with E-state index in [1.54, 1.807) is 19.5 Å². The number of hydrogen-bond acceptors (Lipinski definition) is 6. The average Bonchev–Trinajstić information content (AvgIpc) is 3.05. The van der Waals surface area contributed by atoms with E-state index in [2.05, 4.69) is 20.4 Å². The van der Waals surface area contributed by atoms with Crippen LogP contribution in [0, 0.1) is 0 Å². The molecule has 0 spiro atoms. The highest BCUT2D eigenvalue weighted by atomic mass is 16.5. The zero-order chi connectivity index (χ0) is 14.5. The van der Waals surface area contributed by atoms with E-state index >= 15 is 0 Å². The number of piperidine rings is 1. The normalized spacial score (nSPS) is 22.3. The fraction of sp³-hybridized carbons (Fsp3) is 0.533. The number of nitrogens with one attached hydrogen (secondary N) is 1. The molecular weight excluding hydrogens is 268 g/mol. The van der Waals surface area contributed by atoms with Crippen molar-refractivity contribution in [3.8, 4) is 11.5 Å². The Labute approximate surface area is 123 Å². The molecular formula is C15H20N4O2. The molecule has 1 fully saturated rings. The molecule has 0 aromatic carbocycles. The van der Waals surface area contributed by atoms with Crippen LogP contribution < -0.4 is 5.32 Å². The van der Waals surface area contributed by atoms with Crippen molar-refractivity contribution in [1.82, 2.24) is 20.4 Å². The Morgan fingerprint density at radius 2 is 2.24 bits per heavy atom. The van der Waals surface area contributed by atoms with E-state index in [4.69, 9.17) is 9.26 Å². The second-order valence-corrected chi connectivity index (χ2v) is 5.46. The van der Waals surface area contributed by atoms with Crippen molar-refractivity contribution in [2.75, 3.05) is 26.8 Å². The summed E-state index contributed by atoms with van der Waals surface area (Å²) in [6.45, 7) is 2.61. The third kappa shape index (κ3) is 2.96. The Hall–Kier alpha value is -1.79. The molecule has 1 saturated heterocycles. The number of nitrogens with zero attached hydrogens (tertiary/aromatic N) is 3. The van der Waals surface area contributed by atoms with Gasteiger partial charge in [-0.2, -0.15) is 4.98 Å². The fourth-order valence-corrected chi connectivity index (χ4v) is 2.83. The summed E-state index contributed by atoms with van der Waals surface area (Å²) >= 11 is 0. The lowest BCUT2D eigenvalue weighted by molar-refractivity contribution is 0.148. The monoisotopic (exact) mass is 288 g/mol. The molecule has 6 heteroatoms. The first-order valence-corrected chi connectivity index (χ1v) is 7.28. The van der Waals surface area contributed by atoms with E-state index in [0.717, 1.165) is 43.7 Å². The predicted octanol–water partition coefficient (Wildman–Crippen LogP) is 1.79. The highest BCUT2D eigenvalue weighted by Gasteiger charge is 2.38. The predicted molar refractivity (Wildman–Crippen MR) is 77.8 cm³/mol. The first-order valence-electron chi connectivity index (χ1n) is 7.28. The lowest BCUT2D eigenvalue weighted by atomic mass is 9.77. The maximum absolute atomic E-state index is 5.45. The van der Waals surface area contributed by atoms with Gasteiger partial charge in [-0.05, 0) is 37.9 Å². The van der Waals surface area contributed by atoms with Gasteiger partial charge < -0.3 is 14.6 Å². The minimum Gasteiger partial charge on any atom is -0.385 e. The maximum atomic E-state index is 5.45. The van der Waals surface area contributed by atoms with Gasteiger partial charge in [0, 0.05) is 43.6 Å². The molecule has 3 rings (SSSR count). The molecule has 0 aliphatic carbocycles. The molecule has 1 N–H and O–H groups in total. The number of methoxy groups -OCH3 is 1. The van der Waals surface area contributed by atoms with E-state index in [1.807, 2.05) is 12.1 Å². The molecule has 2 aromatic rings. The van der Waals surface area contributed by atoms with Gasteiger partial charge in [0.1, 0.15) is 0 Å². The second kappa shape index (κ2) is 6.32. The molecule has 1 aliphatic heterocycles. The summed E-state index contributed by atoms with van der Waals surface area (Å²) in [4.78, 5) is 8.63. The van der Waals surface area contributed by atoms with Crippen LogP contribution in [0.5, 0.6) is 0 Å². The van der Waals surface area contributed by atoms with Gasteiger partial charge in [-0.25, -0.2) is 0 Å². The molecule has 21 heavy (non-hydrogen) atoms. The molecule has 1 aliphatic rings. The van der Waals surface area contributed by atoms with E-state index < -0.39 is 0 Å². The molecule has 0 radical (unpaired) electrons. The van der Waals surface area contributed by atoms with E-state index in [9.17, 15) is 0 Å². The summed E-state index contributed by atoms with van der Waals surface area (Å²) in [5.74, 6) is 1.33. The van der Waals surface area contributed by atoms with Crippen molar-refractivity contribution in [3.05, 3.63) is 30.4 Å². The maximum Gasteiger partial charge on any atom is 0.258 e. The largest absolute Gasteiger partial charge is 0.385 e. The number of aromatic nitrogens is 3. The Morgan fingerprint density at radius 1 is 1.38 bits per heavy atom. The highest BCUT2D eigenvalue weighted by Crippen LogP contribution is 2.34. The first-order chi connectivity index (χ1) is 10.3. The number of rotatable bonds is 5. The Morgan fingerprint density at radius 3 is 2.95 bits per heavy atom. The molecule has 3 heterocycles. The minimum atomic E-state index is -0.0942. The lowest BCUT2D eigenvalue weighted by Gasteiger charge is -2.34. The van der Waals surface area contributed by atoms with Crippen molar-refractivity contribution in [2.24, 2.45) is 0 Å². The van der Waals surface area contributed by atoms with Crippen LogP contribution in [-0.4, -0.2) is 41.9 Å². The molecule has 6 nitrogen and oxygen atoms in total. The summed E-state index contributed by atoms with van der Waals surface area (Å²) < 4.78 is 10.7. The van der Waals surface area contributed by atoms with Gasteiger partial charge in [0.2, 0.25) is 0 Å². The second-order valence-electron chi connectivity index (χ2n) is 5.46. The SMILES string of the molecule is COCCC1(c2noc(-c3ccncc3)n2)CCCNC1. The van der Waals surface area contributed by atoms with E-state index in [0.29, 0.717) is 12.5 Å². The van der Waals surface area contributed by atoms with Crippen molar-refractivity contribution >= 4 is 0 Å². The molecule has 0 saturated carbocycles. The molecule has 1 unspecified atom stereocenters. The Bertz CT molecular complexity index is 564. The topological polar surface area (TPSA) is 73.1 Å². The third-order valence-corrected chi connectivity index (χ3v) is 4.08. The molecule has 112 valence electrons. The summed E-state index contributed by atoms with van der Waals surface area (Å²) in [7, 11) is 1.72. The van der Waals surface area contributed by atoms with Crippen LogP contribution in [0.25, 0.3) is 11.5 Å². The summed E-state index contributed by atoms with van der Waals surface area (Å²) in [5, 5.41) is 7.68. The number of ether oxygens (including phenoxy) is 1. The minimum absolute atomic E-state index is 0.0942. The van der Waals surface area contributed by atoms with Crippen LogP contribution in [0.2, 0.25) is 0 Å². The van der Waals surface area contributed by atoms with Crippen LogP contribution in [-0.2, 0) is 10.2 Å². The van der Waals surface area contributed by atoms with Gasteiger partial charge in [-0.15, -0.1) is 0 Å². The quantitative estimate of drug-likeness (QED) is 0.904. The summed E-state index contributed by atoms with van der Waals surface area (Å²) in [6.07, 6.45) is 6.51. The van der Waals surface area contributed by atoms with Gasteiger partial charge in [0.05, 0.1) is 0 Å². The van der Waals surface area contributed by atoms with Gasteiger partial charge in [-0.3, -0.25) is 4.98 Å². The zero-order valence-electron chi connectivity index (χ0n) is 12.2. The van der Waals surface area contributed by atoms with Crippen LogP contribution in [0.3, 0.4) is 0 Å². The van der Waals surface area contributed by atoms with Crippen LogP contribution in [0.4, 0.5) is 0 Å². The van der Waals surface area contributed by atoms with Crippen LogP contribution in [0.1, 0.15) is 25.1 Å². The van der Waals surface area contributed by atoms with Crippen LogP contribution in [0.15, 0.2) is 29.0 Å². The highest BCUT2D eigenvalue weighted by molar-refractivity contribution is 5.51. The first kappa shape index (κ1) is 14.2. The summed E-state index contributed by atoms with van der Waals surface area (Å²) in [5.41, 5.74) is 0.803. The zero-order valence-corrected chi connectivity index (χ0v) is 12.2. The Balaban J connectivity index is 1.88. The number of pyridine rings is 1. The van der Waals surface area contributed by atoms with E-state index in [-0.39, 0.29) is 5.41 Å². The van der Waals surface area contributed by atoms with Gasteiger partial charge in [-0.1, -0.05) is 5.16 Å². The summed E-state index contributed by atoms with van der Waals surface area (Å²) in [6, 6.07) is 3.75. The van der Waals surface area contributed by atoms with Crippen LogP contribution >= 0.6 is 0 Å².